The average molecular weight is 238 g/mol. The maximum atomic E-state index is 5.89. The van der Waals surface area contributed by atoms with Crippen LogP contribution in [0, 0.1) is 0 Å². The molecule has 1 saturated heterocycles. The van der Waals surface area contributed by atoms with Gasteiger partial charge in [-0.1, -0.05) is 6.92 Å². The molecule has 1 atom stereocenters. The molecule has 0 spiro atoms. The predicted octanol–water partition coefficient (Wildman–Crippen LogP) is 1.56. The van der Waals surface area contributed by atoms with Crippen molar-refractivity contribution in [3.8, 4) is 0 Å². The molecule has 0 bridgehead atoms. The molecule has 88 valence electrons. The van der Waals surface area contributed by atoms with E-state index in [0.717, 1.165) is 17.8 Å². The summed E-state index contributed by atoms with van der Waals surface area (Å²) in [5.74, 6) is 4.05. The van der Waals surface area contributed by atoms with Crippen LogP contribution in [0.25, 0.3) is 0 Å². The highest BCUT2D eigenvalue weighted by atomic mass is 32.2. The first kappa shape index (κ1) is 11.5. The molecule has 1 aliphatic rings. The minimum absolute atomic E-state index is 0.588. The van der Waals surface area contributed by atoms with Gasteiger partial charge in [0.1, 0.15) is 18.0 Å². The molecule has 2 heterocycles. The molecule has 0 aromatic carbocycles. The van der Waals surface area contributed by atoms with Gasteiger partial charge in [0, 0.05) is 24.4 Å². The summed E-state index contributed by atoms with van der Waals surface area (Å²) in [5.41, 5.74) is 6.96. The Morgan fingerprint density at radius 1 is 1.56 bits per heavy atom. The Hall–Kier alpha value is -0.970. The van der Waals surface area contributed by atoms with Crippen LogP contribution in [0.3, 0.4) is 0 Å². The third kappa shape index (κ3) is 2.09. The molecule has 1 fully saturated rings. The summed E-state index contributed by atoms with van der Waals surface area (Å²) in [7, 11) is 2.11. The van der Waals surface area contributed by atoms with Crippen molar-refractivity contribution in [2.24, 2.45) is 0 Å². The summed E-state index contributed by atoms with van der Waals surface area (Å²) in [4.78, 5) is 10.7. The maximum absolute atomic E-state index is 5.89. The summed E-state index contributed by atoms with van der Waals surface area (Å²) in [6.45, 7) is 2.09. The second-order valence-electron chi connectivity index (χ2n) is 4.04. The van der Waals surface area contributed by atoms with Gasteiger partial charge in [0.05, 0.1) is 0 Å². The van der Waals surface area contributed by atoms with Crippen LogP contribution in [0.4, 0.5) is 11.6 Å². The number of rotatable bonds is 3. The quantitative estimate of drug-likeness (QED) is 0.866. The van der Waals surface area contributed by atoms with Crippen molar-refractivity contribution in [1.29, 1.82) is 0 Å². The zero-order valence-electron chi connectivity index (χ0n) is 9.81. The van der Waals surface area contributed by atoms with E-state index in [1.807, 2.05) is 11.8 Å². The van der Waals surface area contributed by atoms with Gasteiger partial charge in [0.15, 0.2) is 0 Å². The number of anilines is 2. The third-order valence-corrected chi connectivity index (χ3v) is 4.24. The molecule has 1 aromatic heterocycles. The summed E-state index contributed by atoms with van der Waals surface area (Å²) >= 11 is 2.01. The lowest BCUT2D eigenvalue weighted by Crippen LogP contribution is -2.33. The van der Waals surface area contributed by atoms with E-state index in [1.54, 1.807) is 6.33 Å². The standard InChI is InChI=1S/C11H18N4S/c1-3-9-10(12)13-7-14-11(9)15(2)8-4-5-16-6-8/h7-8H,3-6H2,1-2H3,(H2,12,13,14). The van der Waals surface area contributed by atoms with Gasteiger partial charge in [-0.15, -0.1) is 0 Å². The number of hydrogen-bond donors (Lipinski definition) is 1. The van der Waals surface area contributed by atoms with Crippen LogP contribution in [0.15, 0.2) is 6.33 Å². The fraction of sp³-hybridized carbons (Fsp3) is 0.636. The number of aromatic nitrogens is 2. The topological polar surface area (TPSA) is 55.0 Å². The largest absolute Gasteiger partial charge is 0.383 e. The van der Waals surface area contributed by atoms with Crippen LogP contribution < -0.4 is 10.6 Å². The average Bonchev–Trinajstić information content (AvgIpc) is 2.81. The van der Waals surface area contributed by atoms with E-state index in [2.05, 4.69) is 28.8 Å². The first-order valence-electron chi connectivity index (χ1n) is 5.64. The molecule has 1 aromatic rings. The number of nitrogens with zero attached hydrogens (tertiary/aromatic N) is 3. The molecule has 16 heavy (non-hydrogen) atoms. The lowest BCUT2D eigenvalue weighted by Gasteiger charge is -2.26. The van der Waals surface area contributed by atoms with Gasteiger partial charge in [-0.05, 0) is 18.6 Å². The summed E-state index contributed by atoms with van der Waals surface area (Å²) in [5, 5.41) is 0. The minimum atomic E-state index is 0.588. The fourth-order valence-electron chi connectivity index (χ4n) is 2.06. The van der Waals surface area contributed by atoms with E-state index in [0.29, 0.717) is 11.9 Å². The molecule has 4 nitrogen and oxygen atoms in total. The van der Waals surface area contributed by atoms with Gasteiger partial charge in [0.25, 0.3) is 0 Å². The highest BCUT2D eigenvalue weighted by Crippen LogP contribution is 2.28. The molecule has 2 N–H and O–H groups in total. The minimum Gasteiger partial charge on any atom is -0.383 e. The fourth-order valence-corrected chi connectivity index (χ4v) is 3.33. The summed E-state index contributed by atoms with van der Waals surface area (Å²) in [6, 6.07) is 0.588. The van der Waals surface area contributed by atoms with Gasteiger partial charge in [-0.3, -0.25) is 0 Å². The monoisotopic (exact) mass is 238 g/mol. The van der Waals surface area contributed by atoms with Crippen LogP contribution in [0.2, 0.25) is 0 Å². The van der Waals surface area contributed by atoms with Crippen LogP contribution >= 0.6 is 11.8 Å². The molecule has 0 amide bonds. The zero-order chi connectivity index (χ0) is 11.5. The molecule has 0 radical (unpaired) electrons. The first-order chi connectivity index (χ1) is 7.74. The van der Waals surface area contributed by atoms with Gasteiger partial charge < -0.3 is 10.6 Å². The van der Waals surface area contributed by atoms with Crippen molar-refractivity contribution in [1.82, 2.24) is 9.97 Å². The second kappa shape index (κ2) is 4.91. The van der Waals surface area contributed by atoms with E-state index in [9.17, 15) is 0 Å². The third-order valence-electron chi connectivity index (χ3n) is 3.10. The van der Waals surface area contributed by atoms with Crippen LogP contribution in [0.5, 0.6) is 0 Å². The SMILES string of the molecule is CCc1c(N)ncnc1N(C)C1CCSC1. The number of nitrogens with two attached hydrogens (primary N) is 1. The van der Waals surface area contributed by atoms with Crippen molar-refractivity contribution in [2.75, 3.05) is 29.2 Å². The van der Waals surface area contributed by atoms with Crippen LogP contribution in [-0.2, 0) is 6.42 Å². The van der Waals surface area contributed by atoms with Crippen molar-refractivity contribution >= 4 is 23.4 Å². The first-order valence-corrected chi connectivity index (χ1v) is 6.79. The molecular weight excluding hydrogens is 220 g/mol. The smallest absolute Gasteiger partial charge is 0.137 e. The molecule has 1 aliphatic heterocycles. The van der Waals surface area contributed by atoms with E-state index in [1.165, 1.54) is 17.9 Å². The Labute approximate surface area is 101 Å². The number of hydrogen-bond acceptors (Lipinski definition) is 5. The van der Waals surface area contributed by atoms with Gasteiger partial charge in [0.2, 0.25) is 0 Å². The number of nitrogen functional groups attached to an aromatic ring is 1. The van der Waals surface area contributed by atoms with E-state index >= 15 is 0 Å². The molecular formula is C11H18N4S. The van der Waals surface area contributed by atoms with E-state index in [4.69, 9.17) is 5.73 Å². The van der Waals surface area contributed by atoms with Gasteiger partial charge in [-0.2, -0.15) is 11.8 Å². The summed E-state index contributed by atoms with van der Waals surface area (Å²) in [6.07, 6.45) is 3.67. The highest BCUT2D eigenvalue weighted by Gasteiger charge is 2.23. The van der Waals surface area contributed by atoms with Gasteiger partial charge in [-0.25, -0.2) is 9.97 Å². The molecule has 0 aliphatic carbocycles. The van der Waals surface area contributed by atoms with Crippen LogP contribution in [0.1, 0.15) is 18.9 Å². The van der Waals surface area contributed by atoms with Crippen molar-refractivity contribution in [2.45, 2.75) is 25.8 Å². The molecule has 0 saturated carbocycles. The zero-order valence-corrected chi connectivity index (χ0v) is 10.6. The molecule has 2 rings (SSSR count). The summed E-state index contributed by atoms with van der Waals surface area (Å²) < 4.78 is 0. The predicted molar refractivity (Wildman–Crippen MR) is 70.0 cm³/mol. The Morgan fingerprint density at radius 3 is 3.00 bits per heavy atom. The van der Waals surface area contributed by atoms with E-state index < -0.39 is 0 Å². The van der Waals surface area contributed by atoms with Crippen molar-refractivity contribution in [3.63, 3.8) is 0 Å². The Kier molecular flexibility index (Phi) is 3.53. The maximum Gasteiger partial charge on any atom is 0.137 e. The van der Waals surface area contributed by atoms with Crippen LogP contribution in [-0.4, -0.2) is 34.6 Å². The van der Waals surface area contributed by atoms with Gasteiger partial charge >= 0.3 is 0 Å². The van der Waals surface area contributed by atoms with E-state index in [-0.39, 0.29) is 0 Å². The Morgan fingerprint density at radius 2 is 2.38 bits per heavy atom. The second-order valence-corrected chi connectivity index (χ2v) is 5.19. The number of thioether (sulfide) groups is 1. The lowest BCUT2D eigenvalue weighted by atomic mass is 10.1. The van der Waals surface area contributed by atoms with Crippen molar-refractivity contribution < 1.29 is 0 Å². The lowest BCUT2D eigenvalue weighted by molar-refractivity contribution is 0.687. The Balaban J connectivity index is 2.27. The normalized spacial score (nSPS) is 20.0. The Bertz CT molecular complexity index is 363. The molecule has 5 heteroatoms. The van der Waals surface area contributed by atoms with Crippen molar-refractivity contribution in [3.05, 3.63) is 11.9 Å². The molecule has 1 unspecified atom stereocenters. The highest BCUT2D eigenvalue weighted by molar-refractivity contribution is 7.99.